The fourth-order valence-corrected chi connectivity index (χ4v) is 2.59. The molecule has 7 heteroatoms. The van der Waals surface area contributed by atoms with Crippen LogP contribution in [0.15, 0.2) is 18.2 Å². The molecule has 1 atom stereocenters. The van der Waals surface area contributed by atoms with Gasteiger partial charge >= 0.3 is 0 Å². The van der Waals surface area contributed by atoms with Crippen LogP contribution < -0.4 is 5.73 Å². The molecule has 1 aliphatic heterocycles. The second-order valence-electron chi connectivity index (χ2n) is 4.10. The maximum atomic E-state index is 13.0. The van der Waals surface area contributed by atoms with Crippen molar-refractivity contribution in [3.05, 3.63) is 33.1 Å². The van der Waals surface area contributed by atoms with E-state index >= 15 is 0 Å². The first-order valence-electron chi connectivity index (χ1n) is 5.68. The molecule has 1 unspecified atom stereocenters. The van der Waals surface area contributed by atoms with E-state index < -0.39 is 0 Å². The Hall–Kier alpha value is -0.440. The van der Waals surface area contributed by atoms with E-state index in [1.165, 1.54) is 18.2 Å². The molecule has 1 aromatic carbocycles. The van der Waals surface area contributed by atoms with Crippen molar-refractivity contribution >= 4 is 40.9 Å². The number of hydrogen-bond acceptors (Lipinski definition) is 3. The Morgan fingerprint density at radius 1 is 1.58 bits per heavy atom. The highest BCUT2D eigenvalue weighted by Gasteiger charge is 2.25. The minimum atomic E-state index is -0.335. The molecule has 0 spiro atoms. The highest BCUT2D eigenvalue weighted by molar-refractivity contribution is 14.1. The minimum Gasteiger partial charge on any atom is -0.373 e. The quantitative estimate of drug-likeness (QED) is 0.768. The largest absolute Gasteiger partial charge is 0.373 e. The summed E-state index contributed by atoms with van der Waals surface area (Å²) in [6.45, 7) is 1.92. The highest BCUT2D eigenvalue weighted by Crippen LogP contribution is 2.17. The summed E-state index contributed by atoms with van der Waals surface area (Å²) >= 11 is 1.97. The Morgan fingerprint density at radius 3 is 2.95 bits per heavy atom. The molecule has 4 nitrogen and oxygen atoms in total. The van der Waals surface area contributed by atoms with Crippen molar-refractivity contribution in [1.29, 1.82) is 0 Å². The van der Waals surface area contributed by atoms with Crippen LogP contribution in [0.1, 0.15) is 10.4 Å². The zero-order chi connectivity index (χ0) is 13.1. The van der Waals surface area contributed by atoms with Gasteiger partial charge in [0.05, 0.1) is 18.3 Å². The average Bonchev–Trinajstić information content (AvgIpc) is 2.38. The summed E-state index contributed by atoms with van der Waals surface area (Å²) in [6.07, 6.45) is -0.110. The molecule has 1 saturated heterocycles. The minimum absolute atomic E-state index is 0. The number of ether oxygens (including phenoxy) is 1. The topological polar surface area (TPSA) is 55.6 Å². The average molecular weight is 401 g/mol. The van der Waals surface area contributed by atoms with Crippen LogP contribution in [0.4, 0.5) is 4.39 Å². The number of nitrogens with two attached hydrogens (primary N) is 1. The summed E-state index contributed by atoms with van der Waals surface area (Å²) in [4.78, 5) is 14.0. The number of nitrogens with zero attached hydrogens (tertiary/aromatic N) is 1. The first-order chi connectivity index (χ1) is 8.61. The summed E-state index contributed by atoms with van der Waals surface area (Å²) < 4.78 is 19.0. The first-order valence-corrected chi connectivity index (χ1v) is 6.75. The van der Waals surface area contributed by atoms with E-state index in [1.807, 2.05) is 22.6 Å². The Balaban J connectivity index is 0.00000180. The zero-order valence-corrected chi connectivity index (χ0v) is 13.1. The summed E-state index contributed by atoms with van der Waals surface area (Å²) in [5.41, 5.74) is 6.06. The highest BCUT2D eigenvalue weighted by atomic mass is 127. The van der Waals surface area contributed by atoms with E-state index in [-0.39, 0.29) is 30.2 Å². The van der Waals surface area contributed by atoms with Crippen molar-refractivity contribution in [2.75, 3.05) is 26.2 Å². The molecule has 1 heterocycles. The molecule has 2 N–H and O–H groups in total. The van der Waals surface area contributed by atoms with Crippen LogP contribution in [0.5, 0.6) is 0 Å². The molecule has 0 bridgehead atoms. The predicted octanol–water partition coefficient (Wildman–Crippen LogP) is 1.65. The molecular weight excluding hydrogens is 385 g/mol. The van der Waals surface area contributed by atoms with Gasteiger partial charge in [-0.3, -0.25) is 4.79 Å². The van der Waals surface area contributed by atoms with Crippen molar-refractivity contribution in [2.24, 2.45) is 5.73 Å². The van der Waals surface area contributed by atoms with E-state index in [9.17, 15) is 9.18 Å². The second kappa shape index (κ2) is 7.37. The molecule has 2 rings (SSSR count). The predicted molar refractivity (Wildman–Crippen MR) is 81.1 cm³/mol. The number of rotatable bonds is 2. The van der Waals surface area contributed by atoms with Crippen LogP contribution in [0, 0.1) is 9.39 Å². The van der Waals surface area contributed by atoms with E-state index in [0.717, 1.165) is 0 Å². The lowest BCUT2D eigenvalue weighted by Gasteiger charge is -2.32. The molecule has 0 saturated carbocycles. The Morgan fingerprint density at radius 2 is 2.32 bits per heavy atom. The summed E-state index contributed by atoms with van der Waals surface area (Å²) in [7, 11) is 0. The fourth-order valence-electron chi connectivity index (χ4n) is 1.88. The molecule has 1 fully saturated rings. The van der Waals surface area contributed by atoms with Crippen LogP contribution in [-0.4, -0.2) is 43.2 Å². The maximum absolute atomic E-state index is 13.0. The Bertz CT molecular complexity index is 461. The lowest BCUT2D eigenvalue weighted by molar-refractivity contribution is -0.0167. The van der Waals surface area contributed by atoms with E-state index in [2.05, 4.69) is 0 Å². The van der Waals surface area contributed by atoms with E-state index in [1.54, 1.807) is 4.90 Å². The van der Waals surface area contributed by atoms with E-state index in [4.69, 9.17) is 10.5 Å². The van der Waals surface area contributed by atoms with Gasteiger partial charge in [0.1, 0.15) is 5.82 Å². The molecule has 0 aliphatic carbocycles. The third kappa shape index (κ3) is 4.01. The Labute approximate surface area is 131 Å². The van der Waals surface area contributed by atoms with Crippen LogP contribution in [0.25, 0.3) is 0 Å². The van der Waals surface area contributed by atoms with Gasteiger partial charge in [-0.25, -0.2) is 4.39 Å². The number of benzene rings is 1. The van der Waals surface area contributed by atoms with Gasteiger partial charge in [0.15, 0.2) is 0 Å². The standard InChI is InChI=1S/C12H14FIN2O2.ClH/c13-8-1-2-10(11(14)5-8)12(17)16-3-4-18-9(6-15)7-16;/h1-2,5,9H,3-4,6-7,15H2;1H. The van der Waals surface area contributed by atoms with Crippen molar-refractivity contribution < 1.29 is 13.9 Å². The number of carbonyl (C=O) groups is 1. The smallest absolute Gasteiger partial charge is 0.255 e. The van der Waals surface area contributed by atoms with Crippen molar-refractivity contribution in [2.45, 2.75) is 6.10 Å². The maximum Gasteiger partial charge on any atom is 0.255 e. The van der Waals surface area contributed by atoms with Crippen LogP contribution in [-0.2, 0) is 4.74 Å². The van der Waals surface area contributed by atoms with Gasteiger partial charge in [-0.15, -0.1) is 12.4 Å². The third-order valence-corrected chi connectivity index (χ3v) is 3.74. The molecule has 1 amide bonds. The van der Waals surface area contributed by atoms with Gasteiger partial charge < -0.3 is 15.4 Å². The summed E-state index contributed by atoms with van der Waals surface area (Å²) in [6, 6.07) is 4.18. The van der Waals surface area contributed by atoms with Crippen molar-refractivity contribution in [3.63, 3.8) is 0 Å². The van der Waals surface area contributed by atoms with Crippen molar-refractivity contribution in [1.82, 2.24) is 4.90 Å². The molecule has 0 radical (unpaired) electrons. The fraction of sp³-hybridized carbons (Fsp3) is 0.417. The van der Waals surface area contributed by atoms with E-state index in [0.29, 0.717) is 35.4 Å². The molecule has 1 aliphatic rings. The molecular formula is C12H15ClFIN2O2. The lowest BCUT2D eigenvalue weighted by Crippen LogP contribution is -2.48. The number of carbonyl (C=O) groups excluding carboxylic acids is 1. The molecule has 106 valence electrons. The van der Waals surface area contributed by atoms with Gasteiger partial charge in [0.25, 0.3) is 5.91 Å². The zero-order valence-electron chi connectivity index (χ0n) is 10.1. The van der Waals surface area contributed by atoms with Gasteiger partial charge in [-0.2, -0.15) is 0 Å². The molecule has 19 heavy (non-hydrogen) atoms. The van der Waals surface area contributed by atoms with Gasteiger partial charge in [0, 0.05) is 23.2 Å². The molecule has 0 aromatic heterocycles. The molecule has 1 aromatic rings. The lowest BCUT2D eigenvalue weighted by atomic mass is 10.1. The second-order valence-corrected chi connectivity index (χ2v) is 5.27. The number of halogens is 3. The SMILES string of the molecule is Cl.NCC1CN(C(=O)c2ccc(F)cc2I)CCO1. The number of hydrogen-bond donors (Lipinski definition) is 1. The first kappa shape index (κ1) is 16.6. The monoisotopic (exact) mass is 400 g/mol. The van der Waals surface area contributed by atoms with Crippen molar-refractivity contribution in [3.8, 4) is 0 Å². The van der Waals surface area contributed by atoms with Gasteiger partial charge in [0.2, 0.25) is 0 Å². The number of morpholine rings is 1. The van der Waals surface area contributed by atoms with Crippen LogP contribution in [0.3, 0.4) is 0 Å². The van der Waals surface area contributed by atoms with Gasteiger partial charge in [-0.05, 0) is 40.8 Å². The Kier molecular flexibility index (Phi) is 6.45. The normalized spacial score (nSPS) is 18.9. The summed E-state index contributed by atoms with van der Waals surface area (Å²) in [5.74, 6) is -0.432. The van der Waals surface area contributed by atoms with Gasteiger partial charge in [-0.1, -0.05) is 0 Å². The van der Waals surface area contributed by atoms with Crippen LogP contribution >= 0.6 is 35.0 Å². The van der Waals surface area contributed by atoms with Crippen LogP contribution in [0.2, 0.25) is 0 Å². The number of amides is 1. The third-order valence-electron chi connectivity index (χ3n) is 2.85. The summed E-state index contributed by atoms with van der Waals surface area (Å²) in [5, 5.41) is 0.